The zero-order valence-corrected chi connectivity index (χ0v) is 12.7. The Morgan fingerprint density at radius 1 is 1.29 bits per heavy atom. The van der Waals surface area contributed by atoms with Crippen molar-refractivity contribution in [2.24, 2.45) is 0 Å². The first-order valence-electron chi connectivity index (χ1n) is 7.57. The third-order valence-electron chi connectivity index (χ3n) is 4.31. The van der Waals surface area contributed by atoms with Crippen LogP contribution >= 0.6 is 0 Å². The molecule has 1 aromatic heterocycles. The number of ether oxygens (including phenoxy) is 1. The SMILES string of the molecule is CNC(CC1OCCc2ccccc21)c1cccnc1C. The number of hydrogen-bond acceptors (Lipinski definition) is 3. The Labute approximate surface area is 126 Å². The van der Waals surface area contributed by atoms with Crippen molar-refractivity contribution in [3.05, 3.63) is 65.0 Å². The van der Waals surface area contributed by atoms with Crippen LogP contribution in [0.15, 0.2) is 42.6 Å². The Morgan fingerprint density at radius 2 is 2.14 bits per heavy atom. The summed E-state index contributed by atoms with van der Waals surface area (Å²) < 4.78 is 6.04. The van der Waals surface area contributed by atoms with Crippen molar-refractivity contribution in [2.45, 2.75) is 31.9 Å². The van der Waals surface area contributed by atoms with Gasteiger partial charge in [0.1, 0.15) is 0 Å². The van der Waals surface area contributed by atoms with Gasteiger partial charge in [-0.05, 0) is 49.6 Å². The maximum Gasteiger partial charge on any atom is 0.0845 e. The molecule has 0 saturated heterocycles. The van der Waals surface area contributed by atoms with Gasteiger partial charge in [0, 0.05) is 17.9 Å². The molecule has 0 aliphatic carbocycles. The lowest BCUT2D eigenvalue weighted by Gasteiger charge is -2.29. The first-order chi connectivity index (χ1) is 10.3. The molecule has 1 aromatic carbocycles. The summed E-state index contributed by atoms with van der Waals surface area (Å²) in [5, 5.41) is 3.42. The smallest absolute Gasteiger partial charge is 0.0845 e. The molecule has 0 bridgehead atoms. The highest BCUT2D eigenvalue weighted by Gasteiger charge is 2.24. The molecule has 1 aliphatic heterocycles. The largest absolute Gasteiger partial charge is 0.373 e. The predicted molar refractivity (Wildman–Crippen MR) is 84.2 cm³/mol. The van der Waals surface area contributed by atoms with Gasteiger partial charge in [0.15, 0.2) is 0 Å². The summed E-state index contributed by atoms with van der Waals surface area (Å²) in [5.41, 5.74) is 5.10. The van der Waals surface area contributed by atoms with Gasteiger partial charge in [0.25, 0.3) is 0 Å². The fraction of sp³-hybridized carbons (Fsp3) is 0.389. The van der Waals surface area contributed by atoms with Crippen molar-refractivity contribution < 1.29 is 4.74 Å². The lowest BCUT2D eigenvalue weighted by molar-refractivity contribution is 0.0298. The number of pyridine rings is 1. The van der Waals surface area contributed by atoms with Crippen LogP contribution in [0.1, 0.15) is 41.0 Å². The Kier molecular flexibility index (Phi) is 4.32. The van der Waals surface area contributed by atoms with E-state index in [1.54, 1.807) is 0 Å². The van der Waals surface area contributed by atoms with E-state index in [9.17, 15) is 0 Å². The van der Waals surface area contributed by atoms with Crippen LogP contribution in [0.25, 0.3) is 0 Å². The minimum Gasteiger partial charge on any atom is -0.373 e. The molecule has 0 saturated carbocycles. The second-order valence-corrected chi connectivity index (χ2v) is 5.56. The van der Waals surface area contributed by atoms with Crippen molar-refractivity contribution in [2.75, 3.05) is 13.7 Å². The van der Waals surface area contributed by atoms with Crippen LogP contribution in [0.2, 0.25) is 0 Å². The van der Waals surface area contributed by atoms with Crippen LogP contribution < -0.4 is 5.32 Å². The van der Waals surface area contributed by atoms with E-state index >= 15 is 0 Å². The molecule has 3 nitrogen and oxygen atoms in total. The van der Waals surface area contributed by atoms with Crippen LogP contribution in [0.4, 0.5) is 0 Å². The number of nitrogens with zero attached hydrogens (tertiary/aromatic N) is 1. The average Bonchev–Trinajstić information content (AvgIpc) is 2.53. The Balaban J connectivity index is 1.84. The van der Waals surface area contributed by atoms with Crippen LogP contribution in [-0.4, -0.2) is 18.6 Å². The molecule has 2 aromatic rings. The zero-order valence-electron chi connectivity index (χ0n) is 12.7. The number of benzene rings is 1. The van der Waals surface area contributed by atoms with Gasteiger partial charge in [-0.2, -0.15) is 0 Å². The number of hydrogen-bond donors (Lipinski definition) is 1. The standard InChI is InChI=1S/C18H22N2O/c1-13-15(8-5-10-20-13)17(19-2)12-18-16-7-4-3-6-14(16)9-11-21-18/h3-8,10,17-19H,9,11-12H2,1-2H3. The number of nitrogens with one attached hydrogen (secondary N) is 1. The molecular formula is C18H22N2O. The monoisotopic (exact) mass is 282 g/mol. The van der Waals surface area contributed by atoms with E-state index in [2.05, 4.69) is 47.6 Å². The van der Waals surface area contributed by atoms with E-state index in [1.165, 1.54) is 16.7 Å². The molecule has 2 heterocycles. The Bertz CT molecular complexity index is 612. The van der Waals surface area contributed by atoms with E-state index < -0.39 is 0 Å². The van der Waals surface area contributed by atoms with Gasteiger partial charge in [-0.3, -0.25) is 4.98 Å². The van der Waals surface area contributed by atoms with Crippen molar-refractivity contribution in [3.8, 4) is 0 Å². The summed E-state index contributed by atoms with van der Waals surface area (Å²) in [4.78, 5) is 4.40. The van der Waals surface area contributed by atoms with Crippen LogP contribution in [0, 0.1) is 6.92 Å². The van der Waals surface area contributed by atoms with E-state index in [0.29, 0.717) is 0 Å². The lowest BCUT2D eigenvalue weighted by atomic mass is 9.91. The fourth-order valence-corrected chi connectivity index (χ4v) is 3.15. The summed E-state index contributed by atoms with van der Waals surface area (Å²) in [5.74, 6) is 0. The maximum atomic E-state index is 6.04. The van der Waals surface area contributed by atoms with Gasteiger partial charge in [0.2, 0.25) is 0 Å². The fourth-order valence-electron chi connectivity index (χ4n) is 3.15. The third-order valence-corrected chi connectivity index (χ3v) is 4.31. The third kappa shape index (κ3) is 2.99. The summed E-state index contributed by atoms with van der Waals surface area (Å²) in [7, 11) is 2.01. The van der Waals surface area contributed by atoms with Gasteiger partial charge in [-0.15, -0.1) is 0 Å². The molecule has 0 radical (unpaired) electrons. The van der Waals surface area contributed by atoms with Crippen molar-refractivity contribution in [1.82, 2.24) is 10.3 Å². The summed E-state index contributed by atoms with van der Waals surface area (Å²) >= 11 is 0. The maximum absolute atomic E-state index is 6.04. The van der Waals surface area contributed by atoms with E-state index in [1.807, 2.05) is 19.3 Å². The van der Waals surface area contributed by atoms with E-state index in [4.69, 9.17) is 4.74 Å². The van der Waals surface area contributed by atoms with Crippen molar-refractivity contribution in [3.63, 3.8) is 0 Å². The van der Waals surface area contributed by atoms with E-state index in [-0.39, 0.29) is 12.1 Å². The summed E-state index contributed by atoms with van der Waals surface area (Å²) in [6, 6.07) is 13.0. The summed E-state index contributed by atoms with van der Waals surface area (Å²) in [6.07, 6.45) is 3.95. The highest BCUT2D eigenvalue weighted by atomic mass is 16.5. The molecule has 3 heteroatoms. The van der Waals surface area contributed by atoms with Gasteiger partial charge < -0.3 is 10.1 Å². The number of aryl methyl sites for hydroxylation is 1. The van der Waals surface area contributed by atoms with Crippen LogP contribution in [0.5, 0.6) is 0 Å². The van der Waals surface area contributed by atoms with Crippen molar-refractivity contribution >= 4 is 0 Å². The second kappa shape index (κ2) is 6.37. The first-order valence-corrected chi connectivity index (χ1v) is 7.57. The van der Waals surface area contributed by atoms with Gasteiger partial charge in [-0.1, -0.05) is 30.3 Å². The zero-order chi connectivity index (χ0) is 14.7. The highest BCUT2D eigenvalue weighted by molar-refractivity contribution is 5.32. The number of fused-ring (bicyclic) bond motifs is 1. The average molecular weight is 282 g/mol. The quantitative estimate of drug-likeness (QED) is 0.933. The molecule has 2 unspecified atom stereocenters. The molecule has 0 spiro atoms. The predicted octanol–water partition coefficient (Wildman–Crippen LogP) is 3.35. The molecule has 1 aliphatic rings. The second-order valence-electron chi connectivity index (χ2n) is 5.56. The molecule has 2 atom stereocenters. The minimum atomic E-state index is 0.159. The van der Waals surface area contributed by atoms with Gasteiger partial charge in [-0.25, -0.2) is 0 Å². The molecule has 0 fully saturated rings. The highest BCUT2D eigenvalue weighted by Crippen LogP contribution is 2.34. The normalized spacial score (nSPS) is 19.0. The minimum absolute atomic E-state index is 0.159. The van der Waals surface area contributed by atoms with Crippen LogP contribution in [-0.2, 0) is 11.2 Å². The topological polar surface area (TPSA) is 34.1 Å². The summed E-state index contributed by atoms with van der Waals surface area (Å²) in [6.45, 7) is 2.87. The molecule has 3 rings (SSSR count). The Morgan fingerprint density at radius 3 is 2.95 bits per heavy atom. The molecule has 0 amide bonds. The molecule has 110 valence electrons. The van der Waals surface area contributed by atoms with E-state index in [0.717, 1.165) is 25.1 Å². The number of aromatic nitrogens is 1. The Hall–Kier alpha value is -1.71. The lowest BCUT2D eigenvalue weighted by Crippen LogP contribution is -2.24. The van der Waals surface area contributed by atoms with Gasteiger partial charge in [0.05, 0.1) is 12.7 Å². The molecular weight excluding hydrogens is 260 g/mol. The molecule has 21 heavy (non-hydrogen) atoms. The van der Waals surface area contributed by atoms with Crippen LogP contribution in [0.3, 0.4) is 0 Å². The first kappa shape index (κ1) is 14.2. The van der Waals surface area contributed by atoms with Gasteiger partial charge >= 0.3 is 0 Å². The van der Waals surface area contributed by atoms with Crippen molar-refractivity contribution in [1.29, 1.82) is 0 Å². The number of rotatable bonds is 4. The molecule has 1 N–H and O–H groups in total.